The molecule has 0 atom stereocenters. The van der Waals surface area contributed by atoms with Gasteiger partial charge in [0.15, 0.2) is 0 Å². The summed E-state index contributed by atoms with van der Waals surface area (Å²) < 4.78 is 29.1. The molecule has 0 unspecified atom stereocenters. The van der Waals surface area contributed by atoms with Crippen LogP contribution in [0.4, 0.5) is 5.69 Å². The van der Waals surface area contributed by atoms with Crippen molar-refractivity contribution in [2.75, 3.05) is 18.4 Å². The van der Waals surface area contributed by atoms with Gasteiger partial charge in [0.2, 0.25) is 10.0 Å². The number of para-hydroxylation sites is 1. The van der Waals surface area contributed by atoms with Gasteiger partial charge in [-0.1, -0.05) is 48.0 Å². The summed E-state index contributed by atoms with van der Waals surface area (Å²) in [4.78, 5) is 13.6. The van der Waals surface area contributed by atoms with Gasteiger partial charge >= 0.3 is 0 Å². The first-order valence-electron chi connectivity index (χ1n) is 11.6. The zero-order valence-corrected chi connectivity index (χ0v) is 20.2. The van der Waals surface area contributed by atoms with Crippen LogP contribution in [0.1, 0.15) is 28.8 Å². The highest BCUT2D eigenvalue weighted by Crippen LogP contribution is 2.27. The van der Waals surface area contributed by atoms with E-state index in [-0.39, 0.29) is 10.8 Å². The number of carbonyl (C=O) groups excluding carboxylic acids is 1. The van der Waals surface area contributed by atoms with Crippen LogP contribution in [0.5, 0.6) is 0 Å². The third kappa shape index (κ3) is 4.76. The first kappa shape index (κ1) is 23.0. The summed E-state index contributed by atoms with van der Waals surface area (Å²) in [5, 5.41) is 7.59. The SMILES string of the molecule is Cc1cccc(-c2nn(-c3ccccc3)cc2C(=O)Nc2cccc(S(=O)(=O)N3CCCC3)c2)c1. The average molecular weight is 487 g/mol. The number of hydrogen-bond donors (Lipinski definition) is 1. The fourth-order valence-electron chi connectivity index (χ4n) is 4.27. The maximum Gasteiger partial charge on any atom is 0.259 e. The minimum atomic E-state index is -3.58. The Morgan fingerprint density at radius 3 is 2.40 bits per heavy atom. The number of sulfonamides is 1. The second kappa shape index (κ2) is 9.48. The lowest BCUT2D eigenvalue weighted by Gasteiger charge is -2.16. The van der Waals surface area contributed by atoms with E-state index >= 15 is 0 Å². The monoisotopic (exact) mass is 486 g/mol. The molecule has 1 aliphatic heterocycles. The molecule has 1 fully saturated rings. The summed E-state index contributed by atoms with van der Waals surface area (Å²) in [7, 11) is -3.58. The van der Waals surface area contributed by atoms with E-state index < -0.39 is 10.0 Å². The normalized spacial score (nSPS) is 14.2. The van der Waals surface area contributed by atoms with Crippen LogP contribution < -0.4 is 5.32 Å². The maximum absolute atomic E-state index is 13.4. The number of aryl methyl sites for hydroxylation is 1. The fourth-order valence-corrected chi connectivity index (χ4v) is 5.83. The van der Waals surface area contributed by atoms with Crippen molar-refractivity contribution in [1.82, 2.24) is 14.1 Å². The first-order chi connectivity index (χ1) is 16.9. The van der Waals surface area contributed by atoms with E-state index in [0.29, 0.717) is 30.0 Å². The van der Waals surface area contributed by atoms with Crippen LogP contribution in [0.15, 0.2) is 90.0 Å². The van der Waals surface area contributed by atoms with Crippen molar-refractivity contribution in [1.29, 1.82) is 0 Å². The lowest BCUT2D eigenvalue weighted by atomic mass is 10.1. The van der Waals surface area contributed by atoms with E-state index in [2.05, 4.69) is 5.32 Å². The van der Waals surface area contributed by atoms with Gasteiger partial charge < -0.3 is 5.32 Å². The second-order valence-corrected chi connectivity index (χ2v) is 10.6. The highest BCUT2D eigenvalue weighted by molar-refractivity contribution is 7.89. The molecule has 2 heterocycles. The molecule has 8 heteroatoms. The molecule has 0 spiro atoms. The largest absolute Gasteiger partial charge is 0.322 e. The third-order valence-corrected chi connectivity index (χ3v) is 7.96. The Kier molecular flexibility index (Phi) is 6.23. The van der Waals surface area contributed by atoms with E-state index in [1.807, 2.05) is 61.5 Å². The summed E-state index contributed by atoms with van der Waals surface area (Å²) in [5.41, 5.74) is 4.08. The van der Waals surface area contributed by atoms with Gasteiger partial charge in [-0.05, 0) is 56.2 Å². The number of anilines is 1. The molecule has 35 heavy (non-hydrogen) atoms. The molecule has 178 valence electrons. The summed E-state index contributed by atoms with van der Waals surface area (Å²) in [6.45, 7) is 3.04. The third-order valence-electron chi connectivity index (χ3n) is 6.07. The van der Waals surface area contributed by atoms with Gasteiger partial charge in [0.1, 0.15) is 5.69 Å². The van der Waals surface area contributed by atoms with Crippen molar-refractivity contribution in [3.63, 3.8) is 0 Å². The number of nitrogens with one attached hydrogen (secondary N) is 1. The molecule has 4 aromatic rings. The molecule has 1 amide bonds. The van der Waals surface area contributed by atoms with Gasteiger partial charge in [-0.2, -0.15) is 9.40 Å². The van der Waals surface area contributed by atoms with Crippen LogP contribution in [-0.4, -0.2) is 41.5 Å². The predicted molar refractivity (Wildman–Crippen MR) is 136 cm³/mol. The number of carbonyl (C=O) groups is 1. The highest BCUT2D eigenvalue weighted by atomic mass is 32.2. The van der Waals surface area contributed by atoms with Crippen molar-refractivity contribution in [2.45, 2.75) is 24.7 Å². The van der Waals surface area contributed by atoms with Gasteiger partial charge in [-0.15, -0.1) is 0 Å². The molecule has 3 aromatic carbocycles. The Bertz CT molecular complexity index is 1470. The Morgan fingerprint density at radius 2 is 1.66 bits per heavy atom. The van der Waals surface area contributed by atoms with Crippen molar-refractivity contribution in [2.24, 2.45) is 0 Å². The number of aromatic nitrogens is 2. The Labute approximate surface area is 205 Å². The molecule has 1 aromatic heterocycles. The van der Waals surface area contributed by atoms with E-state index in [1.54, 1.807) is 29.1 Å². The lowest BCUT2D eigenvalue weighted by Crippen LogP contribution is -2.27. The van der Waals surface area contributed by atoms with Gasteiger partial charge in [0.25, 0.3) is 5.91 Å². The number of rotatable bonds is 6. The van der Waals surface area contributed by atoms with Crippen LogP contribution >= 0.6 is 0 Å². The Hall–Kier alpha value is -3.75. The topological polar surface area (TPSA) is 84.3 Å². The standard InChI is InChI=1S/C27H26N4O3S/c1-20-9-7-10-21(17-20)26-25(19-31(29-26)23-12-3-2-4-13-23)27(32)28-22-11-8-14-24(18-22)35(33,34)30-15-5-6-16-30/h2-4,7-14,17-19H,5-6,15-16H2,1H3,(H,28,32). The predicted octanol–water partition coefficient (Wildman–Crippen LogP) is 4.88. The van der Waals surface area contributed by atoms with Crippen LogP contribution in [0, 0.1) is 6.92 Å². The summed E-state index contributed by atoms with van der Waals surface area (Å²) >= 11 is 0. The van der Waals surface area contributed by atoms with Crippen LogP contribution in [0.3, 0.4) is 0 Å². The van der Waals surface area contributed by atoms with Crippen molar-refractivity contribution < 1.29 is 13.2 Å². The Morgan fingerprint density at radius 1 is 0.914 bits per heavy atom. The lowest BCUT2D eigenvalue weighted by molar-refractivity contribution is 0.102. The molecule has 0 saturated carbocycles. The minimum absolute atomic E-state index is 0.177. The van der Waals surface area contributed by atoms with Gasteiger partial charge in [-0.25, -0.2) is 13.1 Å². The Balaban J connectivity index is 1.49. The number of nitrogens with zero attached hydrogens (tertiary/aromatic N) is 3. The first-order valence-corrected chi connectivity index (χ1v) is 13.0. The summed E-state index contributed by atoms with van der Waals surface area (Å²) in [5.74, 6) is -0.362. The fraction of sp³-hybridized carbons (Fsp3) is 0.185. The number of amides is 1. The highest BCUT2D eigenvalue weighted by Gasteiger charge is 2.27. The van der Waals surface area contributed by atoms with Gasteiger partial charge in [-0.3, -0.25) is 4.79 Å². The second-order valence-electron chi connectivity index (χ2n) is 8.63. The van der Waals surface area contributed by atoms with Crippen LogP contribution in [0.2, 0.25) is 0 Å². The molecule has 1 aliphatic rings. The zero-order valence-electron chi connectivity index (χ0n) is 19.4. The molecule has 1 N–H and O–H groups in total. The molecule has 0 radical (unpaired) electrons. The summed E-state index contributed by atoms with van der Waals surface area (Å²) in [6.07, 6.45) is 3.43. The molecular weight excluding hydrogens is 460 g/mol. The van der Waals surface area contributed by atoms with Crippen LogP contribution in [0.25, 0.3) is 16.9 Å². The van der Waals surface area contributed by atoms with E-state index in [9.17, 15) is 13.2 Å². The molecular formula is C27H26N4O3S. The summed E-state index contributed by atoms with van der Waals surface area (Å²) in [6, 6.07) is 23.8. The van der Waals surface area contributed by atoms with Crippen molar-refractivity contribution >= 4 is 21.6 Å². The van der Waals surface area contributed by atoms with Gasteiger partial charge in [0.05, 0.1) is 16.1 Å². The molecule has 0 bridgehead atoms. The molecule has 5 rings (SSSR count). The van der Waals surface area contributed by atoms with Crippen LogP contribution in [-0.2, 0) is 10.0 Å². The molecule has 1 saturated heterocycles. The molecule has 0 aliphatic carbocycles. The number of hydrogen-bond acceptors (Lipinski definition) is 4. The van der Waals surface area contributed by atoms with E-state index in [4.69, 9.17) is 5.10 Å². The van der Waals surface area contributed by atoms with Crippen molar-refractivity contribution in [3.8, 4) is 16.9 Å². The van der Waals surface area contributed by atoms with E-state index in [1.165, 1.54) is 10.4 Å². The smallest absolute Gasteiger partial charge is 0.259 e. The van der Waals surface area contributed by atoms with Gasteiger partial charge in [0, 0.05) is 30.5 Å². The van der Waals surface area contributed by atoms with Crippen molar-refractivity contribution in [3.05, 3.63) is 96.2 Å². The van der Waals surface area contributed by atoms with E-state index in [0.717, 1.165) is 29.7 Å². The molecule has 7 nitrogen and oxygen atoms in total. The quantitative estimate of drug-likeness (QED) is 0.421. The maximum atomic E-state index is 13.4. The minimum Gasteiger partial charge on any atom is -0.322 e. The number of benzene rings is 3. The zero-order chi connectivity index (χ0) is 24.4. The average Bonchev–Trinajstić information content (AvgIpc) is 3.56.